The number of carbonyl (C=O) groups excluding carboxylic acids is 1. The third-order valence-corrected chi connectivity index (χ3v) is 9.62. The number of methoxy groups -OCH3 is 2. The van der Waals surface area contributed by atoms with E-state index in [-0.39, 0.29) is 17.2 Å². The van der Waals surface area contributed by atoms with Gasteiger partial charge in [-0.05, 0) is 95.0 Å². The molecule has 0 heterocycles. The van der Waals surface area contributed by atoms with E-state index >= 15 is 0 Å². The molecule has 4 aromatic rings. The van der Waals surface area contributed by atoms with Crippen molar-refractivity contribution in [1.82, 2.24) is 5.43 Å². The second kappa shape index (κ2) is 15.0. The fraction of sp³-hybridized carbons (Fsp3) is 0.188. The van der Waals surface area contributed by atoms with Gasteiger partial charge in [0.05, 0.1) is 45.5 Å². The number of carbonyl (C=O) groups is 1. The van der Waals surface area contributed by atoms with Crippen LogP contribution in [0.1, 0.15) is 22.3 Å². The second-order valence-corrected chi connectivity index (χ2v) is 13.4. The molecule has 0 atom stereocenters. The van der Waals surface area contributed by atoms with E-state index in [0.29, 0.717) is 37.3 Å². The highest BCUT2D eigenvalue weighted by Crippen LogP contribution is 2.37. The van der Waals surface area contributed by atoms with E-state index < -0.39 is 22.5 Å². The van der Waals surface area contributed by atoms with Gasteiger partial charge in [-0.15, -0.1) is 0 Å². The molecule has 1 N–H and O–H groups in total. The molecule has 0 spiro atoms. The number of hydrogen-bond donors (Lipinski definition) is 1. The number of halogens is 3. The first-order valence-corrected chi connectivity index (χ1v) is 16.4. The van der Waals surface area contributed by atoms with Gasteiger partial charge in [-0.2, -0.15) is 5.10 Å². The number of ether oxygens (including phenoxy) is 3. The van der Waals surface area contributed by atoms with Crippen LogP contribution < -0.4 is 23.9 Å². The van der Waals surface area contributed by atoms with Crippen LogP contribution in [0.15, 0.2) is 87.3 Å². The van der Waals surface area contributed by atoms with Crippen molar-refractivity contribution in [3.05, 3.63) is 110 Å². The zero-order valence-electron chi connectivity index (χ0n) is 24.8. The van der Waals surface area contributed by atoms with Gasteiger partial charge >= 0.3 is 0 Å². The summed E-state index contributed by atoms with van der Waals surface area (Å²) in [5, 5.41) is 4.92. The normalized spacial score (nSPS) is 11.4. The topological polar surface area (TPSA) is 107 Å². The highest BCUT2D eigenvalue weighted by atomic mass is 79.9. The number of rotatable bonds is 12. The summed E-state index contributed by atoms with van der Waals surface area (Å²) in [5.41, 5.74) is 5.72. The average Bonchev–Trinajstić information content (AvgIpc) is 3.01. The lowest BCUT2D eigenvalue weighted by Gasteiger charge is -2.25. The first-order chi connectivity index (χ1) is 21.4. The molecule has 4 aromatic carbocycles. The number of hydrogen-bond acceptors (Lipinski definition) is 7. The highest BCUT2D eigenvalue weighted by molar-refractivity contribution is 9.10. The van der Waals surface area contributed by atoms with Crippen molar-refractivity contribution in [3.8, 4) is 17.2 Å². The molecule has 0 saturated carbocycles. The standard InChI is InChI=1S/C32H30BrCl2N3O6S/c1-20-5-9-24(10-6-20)45(40,41)38(28-13-21(2)7-12-29(28)42-3)18-31(39)37-36-17-23-14-25(33)32(30(16-23)43-4)44-19-22-8-11-26(34)27(35)15-22/h5-17H,18-19H2,1-4H3,(H,37,39)/b36-17-. The largest absolute Gasteiger partial charge is 0.495 e. The molecule has 4 rings (SSSR count). The van der Waals surface area contributed by atoms with Gasteiger partial charge < -0.3 is 14.2 Å². The number of nitrogens with zero attached hydrogens (tertiary/aromatic N) is 2. The molecular formula is C32H30BrCl2N3O6S. The molecule has 9 nitrogen and oxygen atoms in total. The Balaban J connectivity index is 1.53. The zero-order chi connectivity index (χ0) is 32.7. The van der Waals surface area contributed by atoms with E-state index in [4.69, 9.17) is 37.4 Å². The number of sulfonamides is 1. The predicted octanol–water partition coefficient (Wildman–Crippen LogP) is 7.31. The Kier molecular flexibility index (Phi) is 11.4. The Morgan fingerprint density at radius 1 is 0.911 bits per heavy atom. The molecule has 0 fully saturated rings. The van der Waals surface area contributed by atoms with E-state index in [2.05, 4.69) is 26.5 Å². The minimum atomic E-state index is -4.15. The van der Waals surface area contributed by atoms with Gasteiger partial charge in [0.2, 0.25) is 0 Å². The van der Waals surface area contributed by atoms with Gasteiger partial charge in [-0.1, -0.05) is 53.0 Å². The van der Waals surface area contributed by atoms with E-state index in [9.17, 15) is 13.2 Å². The number of aryl methyl sites for hydroxylation is 2. The fourth-order valence-electron chi connectivity index (χ4n) is 4.22. The Hall–Kier alpha value is -3.77. The van der Waals surface area contributed by atoms with Crippen molar-refractivity contribution >= 4 is 67.0 Å². The molecule has 0 unspecified atom stereocenters. The van der Waals surface area contributed by atoms with Crippen LogP contribution in [-0.4, -0.2) is 41.3 Å². The predicted molar refractivity (Wildman–Crippen MR) is 181 cm³/mol. The van der Waals surface area contributed by atoms with Crippen LogP contribution in [0, 0.1) is 13.8 Å². The smallest absolute Gasteiger partial charge is 0.264 e. The molecule has 0 aliphatic carbocycles. The average molecular weight is 735 g/mol. The van der Waals surface area contributed by atoms with Crippen LogP contribution in [0.25, 0.3) is 0 Å². The fourth-order valence-corrected chi connectivity index (χ4v) is 6.53. The highest BCUT2D eigenvalue weighted by Gasteiger charge is 2.29. The van der Waals surface area contributed by atoms with Crippen molar-refractivity contribution < 1.29 is 27.4 Å². The van der Waals surface area contributed by atoms with Crippen molar-refractivity contribution in [2.75, 3.05) is 25.1 Å². The minimum absolute atomic E-state index is 0.0337. The van der Waals surface area contributed by atoms with E-state index in [1.807, 2.05) is 13.8 Å². The number of nitrogens with one attached hydrogen (secondary N) is 1. The lowest BCUT2D eigenvalue weighted by Crippen LogP contribution is -2.39. The summed E-state index contributed by atoms with van der Waals surface area (Å²) in [6.45, 7) is 3.33. The molecule has 0 aliphatic heterocycles. The second-order valence-electron chi connectivity index (χ2n) is 9.86. The van der Waals surface area contributed by atoms with Crippen molar-refractivity contribution in [1.29, 1.82) is 0 Å². The summed E-state index contributed by atoms with van der Waals surface area (Å²) in [5.74, 6) is 0.497. The number of benzene rings is 4. The third kappa shape index (κ3) is 8.49. The Morgan fingerprint density at radius 3 is 2.27 bits per heavy atom. The van der Waals surface area contributed by atoms with Gasteiger partial charge in [-0.25, -0.2) is 13.8 Å². The first kappa shape index (κ1) is 34.1. The summed E-state index contributed by atoms with van der Waals surface area (Å²) < 4.78 is 46.1. The summed E-state index contributed by atoms with van der Waals surface area (Å²) >= 11 is 15.6. The maximum Gasteiger partial charge on any atom is 0.264 e. The van der Waals surface area contributed by atoms with Gasteiger partial charge in [0, 0.05) is 0 Å². The quantitative estimate of drug-likeness (QED) is 0.121. The molecule has 236 valence electrons. The van der Waals surface area contributed by atoms with Gasteiger partial charge in [0.1, 0.15) is 18.9 Å². The number of amides is 1. The number of anilines is 1. The molecule has 0 saturated heterocycles. The van der Waals surface area contributed by atoms with Crippen LogP contribution in [0.2, 0.25) is 10.0 Å². The van der Waals surface area contributed by atoms with Crippen LogP contribution in [0.4, 0.5) is 5.69 Å². The molecule has 13 heteroatoms. The molecule has 0 aliphatic rings. The van der Waals surface area contributed by atoms with Gasteiger partial charge in [-0.3, -0.25) is 9.10 Å². The Morgan fingerprint density at radius 2 is 1.60 bits per heavy atom. The van der Waals surface area contributed by atoms with Gasteiger partial charge in [0.15, 0.2) is 11.5 Å². The summed E-state index contributed by atoms with van der Waals surface area (Å²) in [7, 11) is -1.22. The lowest BCUT2D eigenvalue weighted by atomic mass is 10.2. The zero-order valence-corrected chi connectivity index (χ0v) is 28.7. The lowest BCUT2D eigenvalue weighted by molar-refractivity contribution is -0.119. The van der Waals surface area contributed by atoms with E-state index in [0.717, 1.165) is 21.0 Å². The molecule has 45 heavy (non-hydrogen) atoms. The Labute approximate surface area is 280 Å². The van der Waals surface area contributed by atoms with E-state index in [1.54, 1.807) is 60.7 Å². The SMILES string of the molecule is COc1ccc(C)cc1N(CC(=O)N/N=C\c1cc(Br)c(OCc2ccc(Cl)c(Cl)c2)c(OC)c1)S(=O)(=O)c1ccc(C)cc1. The van der Waals surface area contributed by atoms with Crippen LogP contribution in [0.5, 0.6) is 17.2 Å². The first-order valence-electron chi connectivity index (χ1n) is 13.4. The molecular weight excluding hydrogens is 705 g/mol. The molecule has 0 radical (unpaired) electrons. The van der Waals surface area contributed by atoms with Crippen molar-refractivity contribution in [2.24, 2.45) is 5.10 Å². The molecule has 0 bridgehead atoms. The van der Waals surface area contributed by atoms with Crippen molar-refractivity contribution in [2.45, 2.75) is 25.3 Å². The van der Waals surface area contributed by atoms with Crippen molar-refractivity contribution in [3.63, 3.8) is 0 Å². The Bertz CT molecular complexity index is 1840. The van der Waals surface area contributed by atoms with E-state index in [1.165, 1.54) is 32.6 Å². The maximum atomic E-state index is 13.8. The summed E-state index contributed by atoms with van der Waals surface area (Å²) in [6, 6.07) is 20.1. The number of hydrazone groups is 1. The maximum absolute atomic E-state index is 13.8. The van der Waals surface area contributed by atoms with Crippen LogP contribution in [-0.2, 0) is 21.4 Å². The van der Waals surface area contributed by atoms with Crippen LogP contribution >= 0.6 is 39.1 Å². The third-order valence-electron chi connectivity index (χ3n) is 6.52. The summed E-state index contributed by atoms with van der Waals surface area (Å²) in [4.78, 5) is 13.1. The monoisotopic (exact) mass is 733 g/mol. The molecule has 0 aromatic heterocycles. The minimum Gasteiger partial charge on any atom is -0.495 e. The van der Waals surface area contributed by atoms with Gasteiger partial charge in [0.25, 0.3) is 15.9 Å². The molecule has 1 amide bonds. The summed E-state index contributed by atoms with van der Waals surface area (Å²) in [6.07, 6.45) is 1.40. The van der Waals surface area contributed by atoms with Crippen LogP contribution in [0.3, 0.4) is 0 Å².